The molecule has 0 bridgehead atoms. The number of nitriles is 1. The first-order chi connectivity index (χ1) is 12.0. The van der Waals surface area contributed by atoms with Gasteiger partial charge < -0.3 is 5.32 Å². The minimum Gasteiger partial charge on any atom is -0.324 e. The summed E-state index contributed by atoms with van der Waals surface area (Å²) < 4.78 is 0. The number of likely N-dealkylation sites (N-methyl/N-ethyl adjacent to an activating group) is 1. The Labute approximate surface area is 161 Å². The van der Waals surface area contributed by atoms with Crippen LogP contribution in [0.15, 0.2) is 47.4 Å². The lowest BCUT2D eigenvalue weighted by atomic mass is 10.2. The van der Waals surface area contributed by atoms with Gasteiger partial charge in [0.25, 0.3) is 0 Å². The number of para-hydroxylation sites is 1. The molecule has 130 valence electrons. The van der Waals surface area contributed by atoms with Crippen LogP contribution in [0.5, 0.6) is 0 Å². The number of hydrogen-bond acceptors (Lipinski definition) is 4. The Hall–Kier alpha value is -1.71. The fourth-order valence-corrected chi connectivity index (χ4v) is 3.37. The van der Waals surface area contributed by atoms with Crippen molar-refractivity contribution in [1.82, 2.24) is 4.90 Å². The lowest BCUT2D eigenvalue weighted by Crippen LogP contribution is -2.30. The molecule has 0 heterocycles. The molecule has 0 spiro atoms. The Morgan fingerprint density at radius 2 is 2.04 bits per heavy atom. The predicted octanol–water partition coefficient (Wildman–Crippen LogP) is 4.68. The van der Waals surface area contributed by atoms with E-state index in [9.17, 15) is 4.79 Å². The number of nitrogens with zero attached hydrogens (tertiary/aromatic N) is 2. The number of halogens is 2. The minimum atomic E-state index is -0.127. The van der Waals surface area contributed by atoms with Crippen molar-refractivity contribution in [2.45, 2.75) is 11.4 Å². The van der Waals surface area contributed by atoms with Crippen molar-refractivity contribution >= 4 is 46.6 Å². The van der Waals surface area contributed by atoms with Crippen LogP contribution in [-0.2, 0) is 11.3 Å². The van der Waals surface area contributed by atoms with E-state index in [2.05, 4.69) is 11.4 Å². The summed E-state index contributed by atoms with van der Waals surface area (Å²) in [5, 5.41) is 12.8. The fourth-order valence-electron chi connectivity index (χ4n) is 2.24. The normalized spacial score (nSPS) is 10.5. The van der Waals surface area contributed by atoms with E-state index in [1.807, 2.05) is 42.3 Å². The molecule has 0 saturated heterocycles. The van der Waals surface area contributed by atoms with Gasteiger partial charge in [-0.05, 0) is 36.9 Å². The molecule has 0 unspecified atom stereocenters. The zero-order valence-corrected chi connectivity index (χ0v) is 16.0. The molecule has 0 radical (unpaired) electrons. The topological polar surface area (TPSA) is 56.1 Å². The third-order valence-electron chi connectivity index (χ3n) is 3.32. The van der Waals surface area contributed by atoms with Crippen LogP contribution in [0, 0.1) is 11.3 Å². The summed E-state index contributed by atoms with van der Waals surface area (Å²) in [6, 6.07) is 14.8. The van der Waals surface area contributed by atoms with Crippen LogP contribution in [0.25, 0.3) is 0 Å². The number of rotatable bonds is 7. The number of nitrogens with one attached hydrogen (secondary N) is 1. The van der Waals surface area contributed by atoms with E-state index in [1.54, 1.807) is 12.1 Å². The van der Waals surface area contributed by atoms with Crippen LogP contribution >= 0.6 is 35.0 Å². The van der Waals surface area contributed by atoms with E-state index in [-0.39, 0.29) is 12.5 Å². The first kappa shape index (κ1) is 19.6. The van der Waals surface area contributed by atoms with Gasteiger partial charge in [-0.3, -0.25) is 9.69 Å². The fraction of sp³-hybridized carbons (Fsp3) is 0.222. The standard InChI is InChI=1S/C18H17Cl2N3OS/c1-23(11-13-6-7-14(19)10-15(13)20)12-18(24)22-16-4-2-3-5-17(16)25-9-8-21/h2-7,10H,9,11-12H2,1H3,(H,22,24). The Morgan fingerprint density at radius 3 is 2.76 bits per heavy atom. The Kier molecular flexibility index (Phi) is 7.60. The van der Waals surface area contributed by atoms with E-state index in [1.165, 1.54) is 11.8 Å². The molecule has 0 atom stereocenters. The zero-order chi connectivity index (χ0) is 18.2. The number of carbonyl (C=O) groups excluding carboxylic acids is 1. The third kappa shape index (κ3) is 6.26. The van der Waals surface area contributed by atoms with Crippen LogP contribution in [0.4, 0.5) is 5.69 Å². The molecule has 0 aliphatic heterocycles. The molecule has 0 aliphatic carbocycles. The Bertz CT molecular complexity index is 792. The monoisotopic (exact) mass is 393 g/mol. The number of hydrogen-bond donors (Lipinski definition) is 1. The summed E-state index contributed by atoms with van der Waals surface area (Å²) in [6.07, 6.45) is 0. The molecule has 2 aromatic carbocycles. The third-order valence-corrected chi connectivity index (χ3v) is 4.85. The van der Waals surface area contributed by atoms with Gasteiger partial charge in [-0.1, -0.05) is 41.4 Å². The van der Waals surface area contributed by atoms with Crippen molar-refractivity contribution in [2.24, 2.45) is 0 Å². The van der Waals surface area contributed by atoms with E-state index in [0.717, 1.165) is 10.5 Å². The maximum Gasteiger partial charge on any atom is 0.238 e. The Morgan fingerprint density at radius 1 is 1.28 bits per heavy atom. The van der Waals surface area contributed by atoms with Crippen LogP contribution in [0.2, 0.25) is 10.0 Å². The van der Waals surface area contributed by atoms with Crippen molar-refractivity contribution in [3.05, 3.63) is 58.1 Å². The van der Waals surface area contributed by atoms with E-state index in [0.29, 0.717) is 28.0 Å². The van der Waals surface area contributed by atoms with Crippen molar-refractivity contribution in [3.63, 3.8) is 0 Å². The molecule has 0 aliphatic rings. The maximum absolute atomic E-state index is 12.3. The molecular weight excluding hydrogens is 377 g/mol. The summed E-state index contributed by atoms with van der Waals surface area (Å²) in [4.78, 5) is 15.0. The van der Waals surface area contributed by atoms with Crippen LogP contribution in [0.3, 0.4) is 0 Å². The Balaban J connectivity index is 1.95. The average molecular weight is 394 g/mol. The molecule has 4 nitrogen and oxygen atoms in total. The highest BCUT2D eigenvalue weighted by Gasteiger charge is 2.11. The van der Waals surface area contributed by atoms with Crippen molar-refractivity contribution < 1.29 is 4.79 Å². The van der Waals surface area contributed by atoms with Crippen LogP contribution < -0.4 is 5.32 Å². The summed E-state index contributed by atoms with van der Waals surface area (Å²) in [5.74, 6) is 0.208. The smallest absolute Gasteiger partial charge is 0.238 e. The highest BCUT2D eigenvalue weighted by atomic mass is 35.5. The SMILES string of the molecule is CN(CC(=O)Nc1ccccc1SCC#N)Cc1ccc(Cl)cc1Cl. The number of carbonyl (C=O) groups is 1. The number of benzene rings is 2. The largest absolute Gasteiger partial charge is 0.324 e. The first-order valence-corrected chi connectivity index (χ1v) is 9.25. The van der Waals surface area contributed by atoms with E-state index >= 15 is 0 Å². The summed E-state index contributed by atoms with van der Waals surface area (Å²) in [7, 11) is 1.85. The van der Waals surface area contributed by atoms with Gasteiger partial charge in [-0.15, -0.1) is 11.8 Å². The second kappa shape index (κ2) is 9.69. The average Bonchev–Trinajstić information content (AvgIpc) is 2.56. The number of anilines is 1. The van der Waals surface area contributed by atoms with Gasteiger partial charge in [0.1, 0.15) is 0 Å². The second-order valence-electron chi connectivity index (χ2n) is 5.40. The maximum atomic E-state index is 12.3. The predicted molar refractivity (Wildman–Crippen MR) is 104 cm³/mol. The highest BCUT2D eigenvalue weighted by molar-refractivity contribution is 7.99. The van der Waals surface area contributed by atoms with Crippen molar-refractivity contribution in [1.29, 1.82) is 5.26 Å². The quantitative estimate of drug-likeness (QED) is 0.693. The lowest BCUT2D eigenvalue weighted by molar-refractivity contribution is -0.117. The summed E-state index contributed by atoms with van der Waals surface area (Å²) in [5.41, 5.74) is 1.62. The zero-order valence-electron chi connectivity index (χ0n) is 13.6. The summed E-state index contributed by atoms with van der Waals surface area (Å²) in [6.45, 7) is 0.754. The molecule has 7 heteroatoms. The van der Waals surface area contributed by atoms with E-state index in [4.69, 9.17) is 28.5 Å². The second-order valence-corrected chi connectivity index (χ2v) is 7.26. The first-order valence-electron chi connectivity index (χ1n) is 7.50. The van der Waals surface area contributed by atoms with Gasteiger partial charge in [0.2, 0.25) is 5.91 Å². The number of amides is 1. The minimum absolute atomic E-state index is 0.127. The van der Waals surface area contributed by atoms with Crippen LogP contribution in [-0.4, -0.2) is 30.2 Å². The lowest BCUT2D eigenvalue weighted by Gasteiger charge is -2.18. The van der Waals surface area contributed by atoms with Gasteiger partial charge in [-0.2, -0.15) is 5.26 Å². The van der Waals surface area contributed by atoms with E-state index < -0.39 is 0 Å². The van der Waals surface area contributed by atoms with Crippen LogP contribution in [0.1, 0.15) is 5.56 Å². The van der Waals surface area contributed by atoms with Gasteiger partial charge >= 0.3 is 0 Å². The molecular formula is C18H17Cl2N3OS. The molecule has 0 aromatic heterocycles. The molecule has 25 heavy (non-hydrogen) atoms. The number of thioether (sulfide) groups is 1. The van der Waals surface area contributed by atoms with Gasteiger partial charge in [0.05, 0.1) is 24.1 Å². The van der Waals surface area contributed by atoms with Crippen molar-refractivity contribution in [2.75, 3.05) is 24.7 Å². The molecule has 0 saturated carbocycles. The highest BCUT2D eigenvalue weighted by Crippen LogP contribution is 2.26. The molecule has 2 rings (SSSR count). The molecule has 2 aromatic rings. The molecule has 0 fully saturated rings. The van der Waals surface area contributed by atoms with Gasteiger partial charge in [0, 0.05) is 21.5 Å². The van der Waals surface area contributed by atoms with Crippen molar-refractivity contribution in [3.8, 4) is 6.07 Å². The molecule has 1 N–H and O–H groups in total. The van der Waals surface area contributed by atoms with Gasteiger partial charge in [-0.25, -0.2) is 0 Å². The van der Waals surface area contributed by atoms with Gasteiger partial charge in [0.15, 0.2) is 0 Å². The summed E-state index contributed by atoms with van der Waals surface area (Å²) >= 11 is 13.5. The molecule has 1 amide bonds.